The maximum atomic E-state index is 5.85. The van der Waals surface area contributed by atoms with E-state index in [-0.39, 0.29) is 0 Å². The lowest BCUT2D eigenvalue weighted by Gasteiger charge is -2.37. The van der Waals surface area contributed by atoms with Crippen molar-refractivity contribution in [2.45, 2.75) is 84.1 Å². The predicted molar refractivity (Wildman–Crippen MR) is 82.6 cm³/mol. The molecule has 0 amide bonds. The summed E-state index contributed by atoms with van der Waals surface area (Å²) in [7, 11) is 0. The van der Waals surface area contributed by atoms with Crippen molar-refractivity contribution in [1.82, 2.24) is 5.43 Å². The van der Waals surface area contributed by atoms with Crippen LogP contribution in [0.3, 0.4) is 0 Å². The second kappa shape index (κ2) is 7.64. The Morgan fingerprint density at radius 3 is 2.37 bits per heavy atom. The van der Waals surface area contributed by atoms with Crippen LogP contribution < -0.4 is 11.3 Å². The predicted octanol–water partition coefficient (Wildman–Crippen LogP) is 4.25. The third-order valence-corrected chi connectivity index (χ3v) is 6.03. The van der Waals surface area contributed by atoms with E-state index in [1.165, 1.54) is 64.2 Å². The number of hydrogen-bond acceptors (Lipinski definition) is 2. The van der Waals surface area contributed by atoms with E-state index in [1.807, 2.05) is 0 Å². The van der Waals surface area contributed by atoms with Gasteiger partial charge in [-0.2, -0.15) is 0 Å². The number of nitrogens with one attached hydrogen (secondary N) is 1. The number of hydrazine groups is 1. The fourth-order valence-electron chi connectivity index (χ4n) is 4.30. The zero-order chi connectivity index (χ0) is 13.7. The maximum Gasteiger partial charge on any atom is 0.0238 e. The van der Waals surface area contributed by atoms with Gasteiger partial charge in [-0.25, -0.2) is 0 Å². The summed E-state index contributed by atoms with van der Waals surface area (Å²) in [6.45, 7) is 4.83. The van der Waals surface area contributed by atoms with E-state index >= 15 is 0 Å². The average molecular weight is 266 g/mol. The van der Waals surface area contributed by atoms with Gasteiger partial charge in [-0.1, -0.05) is 52.4 Å². The van der Waals surface area contributed by atoms with Crippen molar-refractivity contribution in [3.8, 4) is 0 Å². The SMILES string of the molecule is CC1CCC(C(CCC2CCCCC2)NN)CC1C. The average Bonchev–Trinajstić information content (AvgIpc) is 2.44. The molecule has 4 atom stereocenters. The van der Waals surface area contributed by atoms with Crippen molar-refractivity contribution in [3.63, 3.8) is 0 Å². The highest BCUT2D eigenvalue weighted by Gasteiger charge is 2.30. The molecule has 0 spiro atoms. The second-order valence-corrected chi connectivity index (χ2v) is 7.38. The summed E-state index contributed by atoms with van der Waals surface area (Å²) in [5.74, 6) is 9.45. The molecule has 0 bridgehead atoms. The summed E-state index contributed by atoms with van der Waals surface area (Å²) in [6.07, 6.45) is 14.2. The number of hydrogen-bond donors (Lipinski definition) is 2. The standard InChI is InChI=1S/C17H34N2/c1-13-8-10-16(12-14(13)2)17(19-18)11-9-15-6-4-3-5-7-15/h13-17,19H,3-12,18H2,1-2H3. The molecule has 4 unspecified atom stereocenters. The van der Waals surface area contributed by atoms with Crippen molar-refractivity contribution in [2.24, 2.45) is 29.5 Å². The Balaban J connectivity index is 1.75. The van der Waals surface area contributed by atoms with Gasteiger partial charge >= 0.3 is 0 Å². The van der Waals surface area contributed by atoms with Crippen molar-refractivity contribution in [2.75, 3.05) is 0 Å². The van der Waals surface area contributed by atoms with Gasteiger partial charge < -0.3 is 0 Å². The van der Waals surface area contributed by atoms with Crippen LogP contribution in [0.15, 0.2) is 0 Å². The third kappa shape index (κ3) is 4.46. The van der Waals surface area contributed by atoms with Crippen molar-refractivity contribution in [3.05, 3.63) is 0 Å². The highest BCUT2D eigenvalue weighted by atomic mass is 15.2. The first-order valence-corrected chi connectivity index (χ1v) is 8.66. The third-order valence-electron chi connectivity index (χ3n) is 6.03. The first-order chi connectivity index (χ1) is 9.20. The second-order valence-electron chi connectivity index (χ2n) is 7.38. The molecule has 0 aromatic carbocycles. The Morgan fingerprint density at radius 1 is 1.00 bits per heavy atom. The van der Waals surface area contributed by atoms with Crippen LogP contribution in [-0.2, 0) is 0 Å². The van der Waals surface area contributed by atoms with Crippen LogP contribution in [-0.4, -0.2) is 6.04 Å². The lowest BCUT2D eigenvalue weighted by atomic mass is 9.72. The van der Waals surface area contributed by atoms with E-state index in [4.69, 9.17) is 5.84 Å². The van der Waals surface area contributed by atoms with E-state index in [0.717, 1.165) is 23.7 Å². The summed E-state index contributed by atoms with van der Waals surface area (Å²) >= 11 is 0. The summed E-state index contributed by atoms with van der Waals surface area (Å²) in [6, 6.07) is 0.567. The minimum atomic E-state index is 0.567. The molecular formula is C17H34N2. The van der Waals surface area contributed by atoms with Gasteiger partial charge in [0.15, 0.2) is 0 Å². The molecule has 0 aromatic heterocycles. The fourth-order valence-corrected chi connectivity index (χ4v) is 4.30. The highest BCUT2D eigenvalue weighted by molar-refractivity contribution is 4.83. The molecule has 2 nitrogen and oxygen atoms in total. The molecule has 2 aliphatic rings. The Bertz CT molecular complexity index is 248. The van der Waals surface area contributed by atoms with E-state index in [0.29, 0.717) is 6.04 Å². The molecule has 0 radical (unpaired) electrons. The zero-order valence-electron chi connectivity index (χ0n) is 13.0. The zero-order valence-corrected chi connectivity index (χ0v) is 13.0. The maximum absolute atomic E-state index is 5.85. The summed E-state index contributed by atoms with van der Waals surface area (Å²) < 4.78 is 0. The van der Waals surface area contributed by atoms with Gasteiger partial charge in [-0.05, 0) is 49.4 Å². The monoisotopic (exact) mass is 266 g/mol. The summed E-state index contributed by atoms with van der Waals surface area (Å²) in [4.78, 5) is 0. The molecule has 0 heterocycles. The van der Waals surface area contributed by atoms with Crippen LogP contribution >= 0.6 is 0 Å². The molecule has 0 aliphatic heterocycles. The largest absolute Gasteiger partial charge is 0.271 e. The summed E-state index contributed by atoms with van der Waals surface area (Å²) in [5.41, 5.74) is 3.15. The molecular weight excluding hydrogens is 232 g/mol. The van der Waals surface area contributed by atoms with Crippen LogP contribution in [0.1, 0.15) is 78.1 Å². The first-order valence-electron chi connectivity index (χ1n) is 8.66. The molecule has 19 heavy (non-hydrogen) atoms. The van der Waals surface area contributed by atoms with Crippen LogP contribution in [0.25, 0.3) is 0 Å². The molecule has 2 aliphatic carbocycles. The van der Waals surface area contributed by atoms with Gasteiger partial charge in [-0.3, -0.25) is 11.3 Å². The fraction of sp³-hybridized carbons (Fsp3) is 1.00. The van der Waals surface area contributed by atoms with Crippen molar-refractivity contribution >= 4 is 0 Å². The number of nitrogens with two attached hydrogens (primary N) is 1. The van der Waals surface area contributed by atoms with Gasteiger partial charge in [0.1, 0.15) is 0 Å². The van der Waals surface area contributed by atoms with E-state index in [9.17, 15) is 0 Å². The van der Waals surface area contributed by atoms with E-state index in [2.05, 4.69) is 19.3 Å². The lowest BCUT2D eigenvalue weighted by Crippen LogP contribution is -2.43. The molecule has 0 aromatic rings. The van der Waals surface area contributed by atoms with Gasteiger partial charge in [-0.15, -0.1) is 0 Å². The van der Waals surface area contributed by atoms with Crippen LogP contribution in [0.2, 0.25) is 0 Å². The molecule has 2 heteroatoms. The Kier molecular flexibility index (Phi) is 6.15. The van der Waals surface area contributed by atoms with Gasteiger partial charge in [0.2, 0.25) is 0 Å². The smallest absolute Gasteiger partial charge is 0.0238 e. The molecule has 0 saturated heterocycles. The van der Waals surface area contributed by atoms with Crippen LogP contribution in [0.5, 0.6) is 0 Å². The number of rotatable bonds is 5. The van der Waals surface area contributed by atoms with Crippen LogP contribution in [0.4, 0.5) is 0 Å². The van der Waals surface area contributed by atoms with Gasteiger partial charge in [0.25, 0.3) is 0 Å². The minimum Gasteiger partial charge on any atom is -0.271 e. The quantitative estimate of drug-likeness (QED) is 0.576. The normalized spacial score (nSPS) is 35.2. The van der Waals surface area contributed by atoms with E-state index in [1.54, 1.807) is 0 Å². The minimum absolute atomic E-state index is 0.567. The van der Waals surface area contributed by atoms with Gasteiger partial charge in [0, 0.05) is 6.04 Å². The molecule has 2 saturated carbocycles. The molecule has 2 fully saturated rings. The van der Waals surface area contributed by atoms with Crippen LogP contribution in [0, 0.1) is 23.7 Å². The molecule has 2 rings (SSSR count). The first kappa shape index (κ1) is 15.3. The lowest BCUT2D eigenvalue weighted by molar-refractivity contribution is 0.160. The Labute approximate surface area is 119 Å². The van der Waals surface area contributed by atoms with Crippen molar-refractivity contribution in [1.29, 1.82) is 0 Å². The molecule has 3 N–H and O–H groups in total. The topological polar surface area (TPSA) is 38.0 Å². The van der Waals surface area contributed by atoms with E-state index < -0.39 is 0 Å². The summed E-state index contributed by atoms with van der Waals surface area (Å²) in [5, 5.41) is 0. The Hall–Kier alpha value is -0.0800. The Morgan fingerprint density at radius 2 is 1.74 bits per heavy atom. The molecule has 112 valence electrons. The van der Waals surface area contributed by atoms with Crippen molar-refractivity contribution < 1.29 is 0 Å². The highest BCUT2D eigenvalue weighted by Crippen LogP contribution is 2.37. The van der Waals surface area contributed by atoms with Gasteiger partial charge in [0.05, 0.1) is 0 Å².